The van der Waals surface area contributed by atoms with Gasteiger partial charge < -0.3 is 15.4 Å². The Hall–Kier alpha value is -4.46. The summed E-state index contributed by atoms with van der Waals surface area (Å²) in [6, 6.07) is 22.0. The van der Waals surface area contributed by atoms with Crippen LogP contribution >= 0.6 is 0 Å². The molecule has 0 aliphatic heterocycles. The number of hydrogen-bond donors (Lipinski definition) is 3. The van der Waals surface area contributed by atoms with Gasteiger partial charge in [0.05, 0.1) is 6.21 Å². The maximum atomic E-state index is 12.2. The van der Waals surface area contributed by atoms with E-state index in [2.05, 4.69) is 21.2 Å². The van der Waals surface area contributed by atoms with Gasteiger partial charge in [0.15, 0.2) is 6.61 Å². The molecule has 0 aromatic heterocycles. The number of nitrogens with one attached hydrogen (secondary N) is 3. The van der Waals surface area contributed by atoms with Gasteiger partial charge in [-0.05, 0) is 42.7 Å². The molecule has 3 N–H and O–H groups in total. The fourth-order valence-electron chi connectivity index (χ4n) is 3.10. The number of benzene rings is 3. The second-order valence-electron chi connectivity index (χ2n) is 7.51. The van der Waals surface area contributed by atoms with E-state index < -0.39 is 11.8 Å². The van der Waals surface area contributed by atoms with Crippen LogP contribution in [0.5, 0.6) is 5.75 Å². The maximum Gasteiger partial charge on any atom is 0.329 e. The number of carbonyl (C=O) groups is 3. The lowest BCUT2D eigenvalue weighted by Crippen LogP contribution is -2.32. The van der Waals surface area contributed by atoms with Gasteiger partial charge in [-0.3, -0.25) is 14.4 Å². The molecular formula is C26H26N4O4. The van der Waals surface area contributed by atoms with Crippen molar-refractivity contribution in [1.82, 2.24) is 10.7 Å². The topological polar surface area (TPSA) is 109 Å². The molecule has 0 saturated heterocycles. The van der Waals surface area contributed by atoms with E-state index in [1.165, 1.54) is 6.21 Å². The molecule has 8 heteroatoms. The van der Waals surface area contributed by atoms with Gasteiger partial charge in [-0.25, -0.2) is 5.43 Å². The van der Waals surface area contributed by atoms with Crippen LogP contribution in [0.15, 0.2) is 77.9 Å². The zero-order chi connectivity index (χ0) is 24.3. The Labute approximate surface area is 198 Å². The first-order chi connectivity index (χ1) is 16.4. The van der Waals surface area contributed by atoms with E-state index >= 15 is 0 Å². The van der Waals surface area contributed by atoms with Crippen LogP contribution in [0.4, 0.5) is 5.69 Å². The van der Waals surface area contributed by atoms with E-state index in [9.17, 15) is 14.4 Å². The van der Waals surface area contributed by atoms with E-state index in [0.29, 0.717) is 23.5 Å². The van der Waals surface area contributed by atoms with Crippen LogP contribution in [0.1, 0.15) is 22.3 Å². The monoisotopic (exact) mass is 458 g/mol. The van der Waals surface area contributed by atoms with Crippen molar-refractivity contribution in [3.05, 3.63) is 95.1 Å². The number of hydrazone groups is 1. The number of nitrogens with zero attached hydrogens (tertiary/aromatic N) is 1. The second kappa shape index (κ2) is 12.0. The molecule has 3 aromatic carbocycles. The van der Waals surface area contributed by atoms with Gasteiger partial charge in [0.2, 0.25) is 0 Å². The first-order valence-corrected chi connectivity index (χ1v) is 10.7. The molecule has 3 amide bonds. The number of para-hydroxylation sites is 2. The second-order valence-corrected chi connectivity index (χ2v) is 7.51. The molecule has 0 saturated carbocycles. The molecule has 34 heavy (non-hydrogen) atoms. The largest absolute Gasteiger partial charge is 0.483 e. The van der Waals surface area contributed by atoms with E-state index in [1.807, 2.05) is 62.4 Å². The molecule has 0 aliphatic rings. The molecule has 8 nitrogen and oxygen atoms in total. The van der Waals surface area contributed by atoms with E-state index in [1.54, 1.807) is 24.3 Å². The number of amides is 3. The fourth-order valence-corrected chi connectivity index (χ4v) is 3.10. The van der Waals surface area contributed by atoms with Crippen molar-refractivity contribution in [3.8, 4) is 5.75 Å². The molecule has 0 aliphatic carbocycles. The first kappa shape index (κ1) is 24.2. The molecule has 3 aromatic rings. The third kappa shape index (κ3) is 7.03. The Balaban J connectivity index is 1.51. The van der Waals surface area contributed by atoms with Crippen LogP contribution in [0, 0.1) is 13.8 Å². The zero-order valence-electron chi connectivity index (χ0n) is 19.0. The van der Waals surface area contributed by atoms with Crippen molar-refractivity contribution in [2.75, 3.05) is 11.9 Å². The SMILES string of the molecule is Cc1cccc(C)c1NC(=O)C(=O)N/N=C\c1ccccc1OCC(=O)NCc1ccccc1. The minimum absolute atomic E-state index is 0.178. The Kier molecular flexibility index (Phi) is 8.51. The van der Waals surface area contributed by atoms with Gasteiger partial charge in [0.1, 0.15) is 5.75 Å². The van der Waals surface area contributed by atoms with Crippen molar-refractivity contribution in [2.45, 2.75) is 20.4 Å². The van der Waals surface area contributed by atoms with Crippen LogP contribution in [0.2, 0.25) is 0 Å². The summed E-state index contributed by atoms with van der Waals surface area (Å²) in [6.07, 6.45) is 1.35. The van der Waals surface area contributed by atoms with Crippen LogP contribution < -0.4 is 20.8 Å². The molecule has 0 fully saturated rings. The molecule has 0 unspecified atom stereocenters. The number of anilines is 1. The molecule has 0 bridgehead atoms. The Morgan fingerprint density at radius 2 is 1.53 bits per heavy atom. The summed E-state index contributed by atoms with van der Waals surface area (Å²) >= 11 is 0. The van der Waals surface area contributed by atoms with Crippen LogP contribution in [0.3, 0.4) is 0 Å². The van der Waals surface area contributed by atoms with Crippen molar-refractivity contribution in [1.29, 1.82) is 0 Å². The summed E-state index contributed by atoms with van der Waals surface area (Å²) in [6.45, 7) is 3.92. The Morgan fingerprint density at radius 1 is 0.853 bits per heavy atom. The molecular weight excluding hydrogens is 432 g/mol. The minimum atomic E-state index is -0.905. The summed E-state index contributed by atoms with van der Waals surface area (Å²) in [7, 11) is 0. The lowest BCUT2D eigenvalue weighted by atomic mass is 10.1. The van der Waals surface area contributed by atoms with Gasteiger partial charge >= 0.3 is 11.8 Å². The highest BCUT2D eigenvalue weighted by Crippen LogP contribution is 2.19. The maximum absolute atomic E-state index is 12.2. The zero-order valence-corrected chi connectivity index (χ0v) is 19.0. The highest BCUT2D eigenvalue weighted by Gasteiger charge is 2.15. The molecule has 0 spiro atoms. The highest BCUT2D eigenvalue weighted by molar-refractivity contribution is 6.39. The van der Waals surface area contributed by atoms with Crippen molar-refractivity contribution < 1.29 is 19.1 Å². The standard InChI is InChI=1S/C26H26N4O4/c1-18-9-8-10-19(2)24(18)29-25(32)26(33)30-28-16-21-13-6-7-14-22(21)34-17-23(31)27-15-20-11-4-3-5-12-20/h3-14,16H,15,17H2,1-2H3,(H,27,31)(H,29,32)(H,30,33)/b28-16-. The van der Waals surface area contributed by atoms with Crippen molar-refractivity contribution in [3.63, 3.8) is 0 Å². The normalized spacial score (nSPS) is 10.5. The van der Waals surface area contributed by atoms with Crippen molar-refractivity contribution >= 4 is 29.6 Å². The molecule has 0 heterocycles. The van der Waals surface area contributed by atoms with Gasteiger partial charge in [0, 0.05) is 17.8 Å². The predicted molar refractivity (Wildman–Crippen MR) is 131 cm³/mol. The van der Waals surface area contributed by atoms with E-state index in [0.717, 1.165) is 16.7 Å². The predicted octanol–water partition coefficient (Wildman–Crippen LogP) is 3.09. The van der Waals surface area contributed by atoms with Crippen LogP contribution in [0.25, 0.3) is 0 Å². The molecule has 0 radical (unpaired) electrons. The third-order valence-corrected chi connectivity index (χ3v) is 4.91. The third-order valence-electron chi connectivity index (χ3n) is 4.91. The van der Waals surface area contributed by atoms with E-state index in [4.69, 9.17) is 4.74 Å². The average Bonchev–Trinajstić information content (AvgIpc) is 2.85. The van der Waals surface area contributed by atoms with Gasteiger partial charge in [-0.15, -0.1) is 0 Å². The summed E-state index contributed by atoms with van der Waals surface area (Å²) in [5.41, 5.74) is 6.02. The van der Waals surface area contributed by atoms with Gasteiger partial charge in [-0.1, -0.05) is 60.7 Å². The highest BCUT2D eigenvalue weighted by atomic mass is 16.5. The summed E-state index contributed by atoms with van der Waals surface area (Å²) in [5, 5.41) is 9.24. The molecule has 0 atom stereocenters. The summed E-state index contributed by atoms with van der Waals surface area (Å²) in [4.78, 5) is 36.4. The van der Waals surface area contributed by atoms with E-state index in [-0.39, 0.29) is 12.5 Å². The Morgan fingerprint density at radius 3 is 2.26 bits per heavy atom. The number of carbonyl (C=O) groups excluding carboxylic acids is 3. The van der Waals surface area contributed by atoms with Gasteiger partial charge in [0.25, 0.3) is 5.91 Å². The summed E-state index contributed by atoms with van der Waals surface area (Å²) in [5.74, 6) is -1.59. The fraction of sp³-hybridized carbons (Fsp3) is 0.154. The smallest absolute Gasteiger partial charge is 0.329 e. The summed E-state index contributed by atoms with van der Waals surface area (Å²) < 4.78 is 5.60. The lowest BCUT2D eigenvalue weighted by molar-refractivity contribution is -0.136. The van der Waals surface area contributed by atoms with Crippen LogP contribution in [-0.4, -0.2) is 30.5 Å². The lowest BCUT2D eigenvalue weighted by Gasteiger charge is -2.10. The number of aryl methyl sites for hydroxylation is 2. The molecule has 174 valence electrons. The first-order valence-electron chi connectivity index (χ1n) is 10.7. The molecule has 3 rings (SSSR count). The average molecular weight is 459 g/mol. The Bertz CT molecular complexity index is 1170. The van der Waals surface area contributed by atoms with Gasteiger partial charge in [-0.2, -0.15) is 5.10 Å². The number of rotatable bonds is 8. The van der Waals surface area contributed by atoms with Crippen molar-refractivity contribution in [2.24, 2.45) is 5.10 Å². The van der Waals surface area contributed by atoms with Crippen LogP contribution in [-0.2, 0) is 20.9 Å². The minimum Gasteiger partial charge on any atom is -0.483 e. The quantitative estimate of drug-likeness (QED) is 0.274. The number of hydrogen-bond acceptors (Lipinski definition) is 5. The number of ether oxygens (including phenoxy) is 1.